The number of nitrogens with one attached hydrogen (secondary N) is 1. The molecule has 2 atom stereocenters. The molecule has 0 aliphatic carbocycles. The van der Waals surface area contributed by atoms with Gasteiger partial charge < -0.3 is 25.2 Å². The van der Waals surface area contributed by atoms with E-state index in [1.807, 2.05) is 19.0 Å². The summed E-state index contributed by atoms with van der Waals surface area (Å²) >= 11 is 0. The van der Waals surface area contributed by atoms with Gasteiger partial charge in [0.1, 0.15) is 0 Å². The fourth-order valence-electron chi connectivity index (χ4n) is 1.15. The Hall–Kier alpha value is -0.200. The summed E-state index contributed by atoms with van der Waals surface area (Å²) in [5, 5.41) is 21.7. The SMILES string of the molecule is COCC(O)CNCC(O)CN(C)C. The van der Waals surface area contributed by atoms with Gasteiger partial charge in [0.25, 0.3) is 0 Å². The molecule has 0 aromatic rings. The van der Waals surface area contributed by atoms with Gasteiger partial charge in [0, 0.05) is 26.7 Å². The molecular formula is C9H22N2O3. The highest BCUT2D eigenvalue weighted by atomic mass is 16.5. The van der Waals surface area contributed by atoms with E-state index in [2.05, 4.69) is 5.32 Å². The molecule has 86 valence electrons. The number of rotatable bonds is 8. The molecule has 2 unspecified atom stereocenters. The van der Waals surface area contributed by atoms with Crippen LogP contribution >= 0.6 is 0 Å². The third-order valence-corrected chi connectivity index (χ3v) is 1.69. The first-order valence-electron chi connectivity index (χ1n) is 4.76. The molecule has 5 nitrogen and oxygen atoms in total. The van der Waals surface area contributed by atoms with Crippen LogP contribution in [0.15, 0.2) is 0 Å². The fourth-order valence-corrected chi connectivity index (χ4v) is 1.15. The highest BCUT2D eigenvalue weighted by molar-refractivity contribution is 4.64. The van der Waals surface area contributed by atoms with Crippen LogP contribution in [0.4, 0.5) is 0 Å². The molecule has 3 N–H and O–H groups in total. The lowest BCUT2D eigenvalue weighted by Crippen LogP contribution is -2.39. The second-order valence-corrected chi connectivity index (χ2v) is 3.68. The third-order valence-electron chi connectivity index (χ3n) is 1.69. The van der Waals surface area contributed by atoms with E-state index in [-0.39, 0.29) is 0 Å². The van der Waals surface area contributed by atoms with E-state index in [0.717, 1.165) is 0 Å². The van der Waals surface area contributed by atoms with Crippen LogP contribution in [0.2, 0.25) is 0 Å². The van der Waals surface area contributed by atoms with Crippen LogP contribution in [-0.2, 0) is 4.74 Å². The average molecular weight is 206 g/mol. The summed E-state index contributed by atoms with van der Waals surface area (Å²) in [6, 6.07) is 0. The Kier molecular flexibility index (Phi) is 8.02. The maximum absolute atomic E-state index is 9.45. The van der Waals surface area contributed by atoms with Crippen molar-refractivity contribution in [3.63, 3.8) is 0 Å². The minimum Gasteiger partial charge on any atom is -0.390 e. The maximum Gasteiger partial charge on any atom is 0.0897 e. The molecule has 0 saturated heterocycles. The molecule has 0 fully saturated rings. The van der Waals surface area contributed by atoms with Crippen LogP contribution in [0.1, 0.15) is 0 Å². The summed E-state index contributed by atoms with van der Waals surface area (Å²) in [5.41, 5.74) is 0. The smallest absolute Gasteiger partial charge is 0.0897 e. The Labute approximate surface area is 85.7 Å². The van der Waals surface area contributed by atoms with Gasteiger partial charge in [-0.25, -0.2) is 0 Å². The zero-order chi connectivity index (χ0) is 11.0. The van der Waals surface area contributed by atoms with Crippen LogP contribution in [0.25, 0.3) is 0 Å². The van der Waals surface area contributed by atoms with Crippen molar-refractivity contribution < 1.29 is 14.9 Å². The van der Waals surface area contributed by atoms with Gasteiger partial charge in [-0.15, -0.1) is 0 Å². The van der Waals surface area contributed by atoms with E-state index in [1.165, 1.54) is 0 Å². The Morgan fingerprint density at radius 1 is 1.21 bits per heavy atom. The number of aliphatic hydroxyl groups is 2. The van der Waals surface area contributed by atoms with E-state index in [4.69, 9.17) is 4.74 Å². The van der Waals surface area contributed by atoms with E-state index >= 15 is 0 Å². The highest BCUT2D eigenvalue weighted by Gasteiger charge is 2.07. The van der Waals surface area contributed by atoms with Crippen LogP contribution in [0.5, 0.6) is 0 Å². The first-order chi connectivity index (χ1) is 6.56. The van der Waals surface area contributed by atoms with Gasteiger partial charge in [0.2, 0.25) is 0 Å². The molecule has 0 amide bonds. The number of hydrogen-bond acceptors (Lipinski definition) is 5. The van der Waals surface area contributed by atoms with Crippen molar-refractivity contribution in [2.24, 2.45) is 0 Å². The molecule has 0 spiro atoms. The second kappa shape index (κ2) is 8.14. The Balaban J connectivity index is 3.34. The van der Waals surface area contributed by atoms with Crippen LogP contribution in [-0.4, -0.2) is 74.8 Å². The van der Waals surface area contributed by atoms with Crippen LogP contribution < -0.4 is 5.32 Å². The zero-order valence-corrected chi connectivity index (χ0v) is 9.23. The molecule has 0 aliphatic heterocycles. The molecule has 0 saturated carbocycles. The number of aliphatic hydroxyl groups excluding tert-OH is 2. The molecule has 0 radical (unpaired) electrons. The van der Waals surface area contributed by atoms with Gasteiger partial charge in [-0.2, -0.15) is 0 Å². The first kappa shape index (κ1) is 13.8. The lowest BCUT2D eigenvalue weighted by Gasteiger charge is -2.17. The van der Waals surface area contributed by atoms with Gasteiger partial charge in [-0.3, -0.25) is 0 Å². The molecular weight excluding hydrogens is 184 g/mol. The topological polar surface area (TPSA) is 65.0 Å². The summed E-state index contributed by atoms with van der Waals surface area (Å²) in [4.78, 5) is 1.91. The lowest BCUT2D eigenvalue weighted by molar-refractivity contribution is 0.0604. The summed E-state index contributed by atoms with van der Waals surface area (Å²) in [6.07, 6.45) is -0.911. The number of hydrogen-bond donors (Lipinski definition) is 3. The number of methoxy groups -OCH3 is 1. The van der Waals surface area contributed by atoms with Crippen molar-refractivity contribution in [2.75, 3.05) is 47.4 Å². The fraction of sp³-hybridized carbons (Fsp3) is 1.00. The van der Waals surface area contributed by atoms with Crippen LogP contribution in [0.3, 0.4) is 0 Å². The van der Waals surface area contributed by atoms with E-state index < -0.39 is 12.2 Å². The summed E-state index contributed by atoms with van der Waals surface area (Å²) in [7, 11) is 5.36. The standard InChI is InChI=1S/C9H22N2O3/c1-11(2)6-8(12)4-10-5-9(13)7-14-3/h8-10,12-13H,4-7H2,1-3H3. The molecule has 0 rings (SSSR count). The maximum atomic E-state index is 9.45. The molecule has 5 heteroatoms. The quantitative estimate of drug-likeness (QED) is 0.451. The van der Waals surface area contributed by atoms with Gasteiger partial charge in [0.15, 0.2) is 0 Å². The predicted octanol–water partition coefficient (Wildman–Crippen LogP) is -1.49. The molecule has 0 aromatic carbocycles. The van der Waals surface area contributed by atoms with E-state index in [1.54, 1.807) is 7.11 Å². The normalized spacial score (nSPS) is 15.9. The van der Waals surface area contributed by atoms with Crippen molar-refractivity contribution in [3.8, 4) is 0 Å². The monoisotopic (exact) mass is 206 g/mol. The van der Waals surface area contributed by atoms with E-state index in [0.29, 0.717) is 26.2 Å². The third kappa shape index (κ3) is 8.40. The Morgan fingerprint density at radius 2 is 1.79 bits per heavy atom. The number of nitrogens with zero attached hydrogens (tertiary/aromatic N) is 1. The Morgan fingerprint density at radius 3 is 2.29 bits per heavy atom. The first-order valence-corrected chi connectivity index (χ1v) is 4.76. The van der Waals surface area contributed by atoms with Crippen molar-refractivity contribution in [3.05, 3.63) is 0 Å². The van der Waals surface area contributed by atoms with Gasteiger partial charge in [-0.05, 0) is 14.1 Å². The van der Waals surface area contributed by atoms with Crippen LogP contribution in [0, 0.1) is 0 Å². The second-order valence-electron chi connectivity index (χ2n) is 3.68. The van der Waals surface area contributed by atoms with Crippen molar-refractivity contribution >= 4 is 0 Å². The zero-order valence-electron chi connectivity index (χ0n) is 9.23. The van der Waals surface area contributed by atoms with Gasteiger partial charge in [-0.1, -0.05) is 0 Å². The van der Waals surface area contributed by atoms with Crippen molar-refractivity contribution in [2.45, 2.75) is 12.2 Å². The molecule has 14 heavy (non-hydrogen) atoms. The average Bonchev–Trinajstić information content (AvgIpc) is 2.02. The summed E-state index contributed by atoms with van der Waals surface area (Å²) in [6.45, 7) is 1.86. The number of likely N-dealkylation sites (N-methyl/N-ethyl adjacent to an activating group) is 1. The summed E-state index contributed by atoms with van der Waals surface area (Å²) in [5.74, 6) is 0. The Bertz CT molecular complexity index is 133. The largest absolute Gasteiger partial charge is 0.390 e. The van der Waals surface area contributed by atoms with Crippen molar-refractivity contribution in [1.29, 1.82) is 0 Å². The van der Waals surface area contributed by atoms with Crippen molar-refractivity contribution in [1.82, 2.24) is 10.2 Å². The summed E-state index contributed by atoms with van der Waals surface area (Å²) < 4.78 is 4.76. The molecule has 0 aliphatic rings. The minimum atomic E-state index is -0.508. The highest BCUT2D eigenvalue weighted by Crippen LogP contribution is 1.85. The molecule has 0 bridgehead atoms. The number of ether oxygens (including phenoxy) is 1. The predicted molar refractivity (Wildman–Crippen MR) is 55.3 cm³/mol. The lowest BCUT2D eigenvalue weighted by atomic mass is 10.3. The minimum absolute atomic E-state index is 0.316. The van der Waals surface area contributed by atoms with Gasteiger partial charge >= 0.3 is 0 Å². The van der Waals surface area contributed by atoms with E-state index in [9.17, 15) is 10.2 Å². The molecule has 0 heterocycles. The van der Waals surface area contributed by atoms with Gasteiger partial charge in [0.05, 0.1) is 18.8 Å². The molecule has 0 aromatic heterocycles.